The van der Waals surface area contributed by atoms with Crippen LogP contribution in [0.3, 0.4) is 0 Å². The van der Waals surface area contributed by atoms with E-state index in [-0.39, 0.29) is 5.92 Å². The summed E-state index contributed by atoms with van der Waals surface area (Å²) in [6.07, 6.45) is 4.33. The molecule has 1 fully saturated rings. The smallest absolute Gasteiger partial charge is 0.243 e. The van der Waals surface area contributed by atoms with Crippen molar-refractivity contribution in [3.63, 3.8) is 0 Å². The minimum Gasteiger partial charge on any atom is -0.316 e. The van der Waals surface area contributed by atoms with Crippen LogP contribution in [0.25, 0.3) is 11.2 Å². The lowest BCUT2D eigenvalue weighted by Crippen LogP contribution is -2.29. The van der Waals surface area contributed by atoms with E-state index >= 15 is 0 Å². The summed E-state index contributed by atoms with van der Waals surface area (Å²) in [6.45, 7) is 5.42. The number of hydrogen-bond donors (Lipinski definition) is 0. The molecule has 154 valence electrons. The van der Waals surface area contributed by atoms with Gasteiger partial charge in [-0.05, 0) is 54.5 Å². The van der Waals surface area contributed by atoms with Crippen molar-refractivity contribution >= 4 is 21.2 Å². The van der Waals surface area contributed by atoms with Crippen LogP contribution in [0.4, 0.5) is 0 Å². The molecule has 0 amide bonds. The first-order valence-electron chi connectivity index (χ1n) is 10.2. The highest BCUT2D eigenvalue weighted by molar-refractivity contribution is 7.89. The summed E-state index contributed by atoms with van der Waals surface area (Å²) in [5.41, 5.74) is 2.93. The number of fused-ring (bicyclic) bond motifs is 1. The molecule has 4 rings (SSSR count). The van der Waals surface area contributed by atoms with E-state index in [0.717, 1.165) is 36.3 Å². The molecule has 1 saturated heterocycles. The number of hydrogen-bond acceptors (Lipinski definition) is 4. The molecule has 2 aromatic heterocycles. The van der Waals surface area contributed by atoms with Crippen LogP contribution in [0.5, 0.6) is 0 Å². The maximum absolute atomic E-state index is 13.1. The lowest BCUT2D eigenvalue weighted by molar-refractivity contribution is 0.452. The Morgan fingerprint density at radius 1 is 1.17 bits per heavy atom. The highest BCUT2D eigenvalue weighted by atomic mass is 32.2. The third-order valence-electron chi connectivity index (χ3n) is 5.65. The van der Waals surface area contributed by atoms with Gasteiger partial charge in [0.15, 0.2) is 5.65 Å². The van der Waals surface area contributed by atoms with Gasteiger partial charge in [-0.1, -0.05) is 26.0 Å². The molecule has 0 bridgehead atoms. The molecule has 0 aliphatic carbocycles. The zero-order chi connectivity index (χ0) is 20.6. The summed E-state index contributed by atoms with van der Waals surface area (Å²) in [5.74, 6) is 1.77. The number of aryl methyl sites for hydroxylation is 1. The molecule has 3 aromatic rings. The number of benzene rings is 1. The van der Waals surface area contributed by atoms with Gasteiger partial charge < -0.3 is 4.57 Å². The first-order valence-corrected chi connectivity index (χ1v) is 11.6. The fourth-order valence-electron chi connectivity index (χ4n) is 4.11. The van der Waals surface area contributed by atoms with E-state index in [1.54, 1.807) is 22.6 Å². The average Bonchev–Trinajstić information content (AvgIpc) is 3.28. The minimum absolute atomic E-state index is 0.264. The van der Waals surface area contributed by atoms with Crippen molar-refractivity contribution in [2.45, 2.75) is 38.0 Å². The maximum atomic E-state index is 13.1. The number of aromatic nitrogens is 3. The Bertz CT molecular complexity index is 1100. The largest absolute Gasteiger partial charge is 0.316 e. The summed E-state index contributed by atoms with van der Waals surface area (Å²) in [6, 6.07) is 11.2. The van der Waals surface area contributed by atoms with Gasteiger partial charge in [0, 0.05) is 32.8 Å². The molecule has 1 aliphatic rings. The maximum Gasteiger partial charge on any atom is 0.243 e. The second-order valence-corrected chi connectivity index (χ2v) is 10.3. The van der Waals surface area contributed by atoms with Gasteiger partial charge in [-0.25, -0.2) is 18.4 Å². The first kappa shape index (κ1) is 20.0. The van der Waals surface area contributed by atoms with E-state index in [2.05, 4.69) is 23.8 Å². The van der Waals surface area contributed by atoms with Gasteiger partial charge in [0.2, 0.25) is 10.0 Å². The zero-order valence-electron chi connectivity index (χ0n) is 17.2. The molecule has 0 spiro atoms. The Morgan fingerprint density at radius 3 is 2.62 bits per heavy atom. The third-order valence-corrected chi connectivity index (χ3v) is 7.52. The Balaban J connectivity index is 1.46. The number of rotatable bonds is 6. The first-order chi connectivity index (χ1) is 13.8. The van der Waals surface area contributed by atoms with Crippen molar-refractivity contribution in [1.82, 2.24) is 18.8 Å². The van der Waals surface area contributed by atoms with Gasteiger partial charge in [-0.15, -0.1) is 0 Å². The third kappa shape index (κ3) is 4.07. The van der Waals surface area contributed by atoms with E-state index in [1.165, 1.54) is 5.56 Å². The van der Waals surface area contributed by atoms with E-state index in [9.17, 15) is 8.42 Å². The Kier molecular flexibility index (Phi) is 5.44. The molecule has 0 N–H and O–H groups in total. The van der Waals surface area contributed by atoms with Crippen molar-refractivity contribution in [3.05, 3.63) is 54.0 Å². The predicted octanol–water partition coefficient (Wildman–Crippen LogP) is 3.42. The summed E-state index contributed by atoms with van der Waals surface area (Å²) in [5, 5.41) is 0. The van der Waals surface area contributed by atoms with Gasteiger partial charge in [-0.2, -0.15) is 4.31 Å². The molecule has 1 aromatic carbocycles. The van der Waals surface area contributed by atoms with Crippen LogP contribution in [0, 0.1) is 11.8 Å². The minimum atomic E-state index is -3.45. The van der Waals surface area contributed by atoms with Crippen molar-refractivity contribution in [3.8, 4) is 0 Å². The second-order valence-electron chi connectivity index (χ2n) is 8.40. The quantitative estimate of drug-likeness (QED) is 0.622. The van der Waals surface area contributed by atoms with Gasteiger partial charge in [0.1, 0.15) is 11.3 Å². The fourth-order valence-corrected chi connectivity index (χ4v) is 5.64. The molecular weight excluding hydrogens is 384 g/mol. The van der Waals surface area contributed by atoms with Crippen molar-refractivity contribution < 1.29 is 8.42 Å². The lowest BCUT2D eigenvalue weighted by Gasteiger charge is -2.17. The van der Waals surface area contributed by atoms with E-state index in [4.69, 9.17) is 0 Å². The highest BCUT2D eigenvalue weighted by Crippen LogP contribution is 2.27. The second kappa shape index (κ2) is 7.88. The van der Waals surface area contributed by atoms with E-state index in [0.29, 0.717) is 23.9 Å². The molecule has 1 atom stereocenters. The molecule has 1 unspecified atom stereocenters. The Labute approximate surface area is 172 Å². The summed E-state index contributed by atoms with van der Waals surface area (Å²) < 4.78 is 29.8. The highest BCUT2D eigenvalue weighted by Gasteiger charge is 2.33. The number of nitrogens with zero attached hydrogens (tertiary/aromatic N) is 4. The fraction of sp³-hybridized carbons (Fsp3) is 0.455. The Hall–Kier alpha value is -2.25. The standard InChI is InChI=1S/C22H28N4O2S/c1-16(2)13-17-6-8-19(9-7-17)29(27,28)26-12-10-18(15-26)14-21-24-20-5-4-11-23-22(20)25(21)3/h4-9,11,16,18H,10,12-15H2,1-3H3. The SMILES string of the molecule is CC(C)Cc1ccc(S(=O)(=O)N2CCC(Cc3nc4cccnc4n3C)C2)cc1. The average molecular weight is 413 g/mol. The Morgan fingerprint density at radius 2 is 1.93 bits per heavy atom. The van der Waals surface area contributed by atoms with Crippen LogP contribution < -0.4 is 0 Å². The molecule has 7 heteroatoms. The predicted molar refractivity (Wildman–Crippen MR) is 114 cm³/mol. The van der Waals surface area contributed by atoms with Gasteiger partial charge in [0.05, 0.1) is 4.90 Å². The number of sulfonamides is 1. The van der Waals surface area contributed by atoms with Crippen LogP contribution in [-0.4, -0.2) is 40.3 Å². The van der Waals surface area contributed by atoms with Gasteiger partial charge in [-0.3, -0.25) is 0 Å². The molecule has 6 nitrogen and oxygen atoms in total. The van der Waals surface area contributed by atoms with E-state index < -0.39 is 10.0 Å². The van der Waals surface area contributed by atoms with Crippen molar-refractivity contribution in [1.29, 1.82) is 0 Å². The summed E-state index contributed by atoms with van der Waals surface area (Å²) in [4.78, 5) is 9.46. The summed E-state index contributed by atoms with van der Waals surface area (Å²) >= 11 is 0. The van der Waals surface area contributed by atoms with Gasteiger partial charge in [0.25, 0.3) is 0 Å². The zero-order valence-corrected chi connectivity index (χ0v) is 18.1. The van der Waals surface area contributed by atoms with Crippen LogP contribution >= 0.6 is 0 Å². The van der Waals surface area contributed by atoms with E-state index in [1.807, 2.05) is 35.9 Å². The number of imidazole rings is 1. The normalized spacial score (nSPS) is 18.1. The topological polar surface area (TPSA) is 68.1 Å². The lowest BCUT2D eigenvalue weighted by atomic mass is 10.0. The van der Waals surface area contributed by atoms with Crippen LogP contribution in [-0.2, 0) is 29.9 Å². The molecular formula is C22H28N4O2S. The van der Waals surface area contributed by atoms with Crippen LogP contribution in [0.15, 0.2) is 47.5 Å². The molecule has 0 radical (unpaired) electrons. The van der Waals surface area contributed by atoms with Crippen molar-refractivity contribution in [2.24, 2.45) is 18.9 Å². The van der Waals surface area contributed by atoms with Crippen molar-refractivity contribution in [2.75, 3.05) is 13.1 Å². The van der Waals surface area contributed by atoms with Gasteiger partial charge >= 0.3 is 0 Å². The molecule has 29 heavy (non-hydrogen) atoms. The molecule has 1 aliphatic heterocycles. The number of pyridine rings is 1. The van der Waals surface area contributed by atoms with Crippen LogP contribution in [0.1, 0.15) is 31.7 Å². The molecule has 0 saturated carbocycles. The summed E-state index contributed by atoms with van der Waals surface area (Å²) in [7, 11) is -1.48. The monoisotopic (exact) mass is 412 g/mol. The molecule has 3 heterocycles. The van der Waals surface area contributed by atoms with Crippen LogP contribution in [0.2, 0.25) is 0 Å².